The van der Waals surface area contributed by atoms with Crippen molar-refractivity contribution in [2.75, 3.05) is 26.2 Å². The Hall–Kier alpha value is -1.92. The van der Waals surface area contributed by atoms with Gasteiger partial charge in [0.1, 0.15) is 0 Å². The predicted octanol–water partition coefficient (Wildman–Crippen LogP) is 1.11. The molecule has 0 spiro atoms. The summed E-state index contributed by atoms with van der Waals surface area (Å²) in [5.74, 6) is -0.326. The van der Waals surface area contributed by atoms with Crippen molar-refractivity contribution in [2.24, 2.45) is 5.73 Å². The van der Waals surface area contributed by atoms with Crippen LogP contribution in [0.4, 0.5) is 4.79 Å². The summed E-state index contributed by atoms with van der Waals surface area (Å²) in [6.45, 7) is 7.53. The standard InChI is InChI=1S/C17H28N4O2/c1-17(2,3)20-16(23)19-15(22)13-21(12-10-18)11-9-14-7-5-4-6-8-14/h4-8H,9-13,18H2,1-3H3,(H2,19,20,22,23). The average Bonchev–Trinajstić information content (AvgIpc) is 2.43. The number of carbonyl (C=O) groups is 2. The van der Waals surface area contributed by atoms with Crippen LogP contribution in [0.1, 0.15) is 26.3 Å². The number of nitrogens with one attached hydrogen (secondary N) is 2. The van der Waals surface area contributed by atoms with E-state index in [1.54, 1.807) is 0 Å². The third kappa shape index (κ3) is 8.95. The Kier molecular flexibility index (Phi) is 7.71. The van der Waals surface area contributed by atoms with Crippen molar-refractivity contribution in [3.8, 4) is 0 Å². The van der Waals surface area contributed by atoms with Crippen LogP contribution in [-0.4, -0.2) is 48.6 Å². The fourth-order valence-electron chi connectivity index (χ4n) is 2.13. The molecule has 1 aromatic rings. The highest BCUT2D eigenvalue weighted by molar-refractivity contribution is 5.95. The molecular formula is C17H28N4O2. The number of amides is 3. The second-order valence-corrected chi connectivity index (χ2v) is 6.55. The number of imide groups is 1. The van der Waals surface area contributed by atoms with Crippen LogP contribution in [-0.2, 0) is 11.2 Å². The number of nitrogens with two attached hydrogens (primary N) is 1. The van der Waals surface area contributed by atoms with Gasteiger partial charge < -0.3 is 11.1 Å². The molecule has 0 saturated heterocycles. The Morgan fingerprint density at radius 1 is 1.13 bits per heavy atom. The average molecular weight is 320 g/mol. The van der Waals surface area contributed by atoms with Gasteiger partial charge in [-0.2, -0.15) is 0 Å². The minimum absolute atomic E-state index is 0.154. The van der Waals surface area contributed by atoms with Gasteiger partial charge in [0.25, 0.3) is 0 Å². The Labute approximate surface area is 138 Å². The van der Waals surface area contributed by atoms with Crippen LogP contribution in [0.3, 0.4) is 0 Å². The molecule has 1 rings (SSSR count). The van der Waals surface area contributed by atoms with Crippen molar-refractivity contribution in [3.63, 3.8) is 0 Å². The van der Waals surface area contributed by atoms with Gasteiger partial charge >= 0.3 is 6.03 Å². The zero-order chi connectivity index (χ0) is 17.3. The van der Waals surface area contributed by atoms with E-state index in [0.717, 1.165) is 13.0 Å². The molecular weight excluding hydrogens is 292 g/mol. The molecule has 0 fully saturated rings. The smallest absolute Gasteiger partial charge is 0.321 e. The highest BCUT2D eigenvalue weighted by Gasteiger charge is 2.17. The normalized spacial score (nSPS) is 11.3. The summed E-state index contributed by atoms with van der Waals surface area (Å²) in [6.07, 6.45) is 0.836. The second kappa shape index (κ2) is 9.27. The number of carbonyl (C=O) groups excluding carboxylic acids is 2. The lowest BCUT2D eigenvalue weighted by molar-refractivity contribution is -0.121. The molecule has 6 heteroatoms. The number of urea groups is 1. The Balaban J connectivity index is 2.45. The molecule has 128 valence electrons. The summed E-state index contributed by atoms with van der Waals surface area (Å²) in [6, 6.07) is 9.59. The van der Waals surface area contributed by atoms with Gasteiger partial charge in [-0.3, -0.25) is 15.0 Å². The molecule has 0 aliphatic rings. The zero-order valence-electron chi connectivity index (χ0n) is 14.3. The molecule has 4 N–H and O–H groups in total. The van der Waals surface area contributed by atoms with Gasteiger partial charge in [0, 0.05) is 25.2 Å². The number of benzene rings is 1. The van der Waals surface area contributed by atoms with Crippen LogP contribution >= 0.6 is 0 Å². The van der Waals surface area contributed by atoms with Gasteiger partial charge in [0.15, 0.2) is 0 Å². The number of hydrogen-bond donors (Lipinski definition) is 3. The molecule has 23 heavy (non-hydrogen) atoms. The lowest BCUT2D eigenvalue weighted by Gasteiger charge is -2.23. The monoisotopic (exact) mass is 320 g/mol. The fourth-order valence-corrected chi connectivity index (χ4v) is 2.13. The van der Waals surface area contributed by atoms with E-state index >= 15 is 0 Å². The molecule has 0 aromatic heterocycles. The van der Waals surface area contributed by atoms with Crippen LogP contribution in [0.2, 0.25) is 0 Å². The lowest BCUT2D eigenvalue weighted by Crippen LogP contribution is -2.50. The first kappa shape index (κ1) is 19.1. The molecule has 3 amide bonds. The Bertz CT molecular complexity index is 497. The van der Waals surface area contributed by atoms with E-state index in [1.807, 2.05) is 43.9 Å². The van der Waals surface area contributed by atoms with Gasteiger partial charge in [-0.1, -0.05) is 30.3 Å². The first-order chi connectivity index (χ1) is 10.8. The second-order valence-electron chi connectivity index (χ2n) is 6.55. The Morgan fingerprint density at radius 3 is 2.35 bits per heavy atom. The largest absolute Gasteiger partial charge is 0.333 e. The number of nitrogens with zero attached hydrogens (tertiary/aromatic N) is 1. The molecule has 0 bridgehead atoms. The summed E-state index contributed by atoms with van der Waals surface area (Å²) < 4.78 is 0. The van der Waals surface area contributed by atoms with Crippen LogP contribution in [0.15, 0.2) is 30.3 Å². The maximum atomic E-state index is 12.0. The Morgan fingerprint density at radius 2 is 1.78 bits per heavy atom. The van der Waals surface area contributed by atoms with Gasteiger partial charge in [0.05, 0.1) is 6.54 Å². The fraction of sp³-hybridized carbons (Fsp3) is 0.529. The highest BCUT2D eigenvalue weighted by atomic mass is 16.2. The van der Waals surface area contributed by atoms with E-state index in [4.69, 9.17) is 5.73 Å². The summed E-state index contributed by atoms with van der Waals surface area (Å²) in [7, 11) is 0. The van der Waals surface area contributed by atoms with Gasteiger partial charge in [-0.15, -0.1) is 0 Å². The molecule has 0 saturated carbocycles. The molecule has 0 unspecified atom stereocenters. The quantitative estimate of drug-likeness (QED) is 0.702. The van der Waals surface area contributed by atoms with E-state index in [9.17, 15) is 9.59 Å². The van der Waals surface area contributed by atoms with Gasteiger partial charge in [-0.05, 0) is 32.8 Å². The third-order valence-corrected chi connectivity index (χ3v) is 3.11. The highest BCUT2D eigenvalue weighted by Crippen LogP contribution is 2.01. The topological polar surface area (TPSA) is 87.5 Å². The maximum absolute atomic E-state index is 12.0. The van der Waals surface area contributed by atoms with E-state index in [-0.39, 0.29) is 18.0 Å². The molecule has 0 heterocycles. The SMILES string of the molecule is CC(C)(C)NC(=O)NC(=O)CN(CCN)CCc1ccccc1. The summed E-state index contributed by atoms with van der Waals surface area (Å²) in [5, 5.41) is 5.05. The van der Waals surface area contributed by atoms with Crippen LogP contribution in [0.25, 0.3) is 0 Å². The first-order valence-electron chi connectivity index (χ1n) is 7.88. The van der Waals surface area contributed by atoms with Crippen molar-refractivity contribution < 1.29 is 9.59 Å². The molecule has 6 nitrogen and oxygen atoms in total. The van der Waals surface area contributed by atoms with Crippen molar-refractivity contribution >= 4 is 11.9 Å². The van der Waals surface area contributed by atoms with Crippen LogP contribution < -0.4 is 16.4 Å². The van der Waals surface area contributed by atoms with Gasteiger partial charge in [-0.25, -0.2) is 4.79 Å². The van der Waals surface area contributed by atoms with E-state index in [0.29, 0.717) is 13.1 Å². The van der Waals surface area contributed by atoms with Gasteiger partial charge in [0.2, 0.25) is 5.91 Å². The van der Waals surface area contributed by atoms with Crippen molar-refractivity contribution in [2.45, 2.75) is 32.7 Å². The minimum atomic E-state index is -0.474. The molecule has 0 aliphatic heterocycles. The van der Waals surface area contributed by atoms with Crippen LogP contribution in [0, 0.1) is 0 Å². The molecule has 0 aliphatic carbocycles. The lowest BCUT2D eigenvalue weighted by atomic mass is 10.1. The predicted molar refractivity (Wildman–Crippen MR) is 92.1 cm³/mol. The van der Waals surface area contributed by atoms with Crippen molar-refractivity contribution in [1.29, 1.82) is 0 Å². The summed E-state index contributed by atoms with van der Waals surface area (Å²) >= 11 is 0. The minimum Gasteiger partial charge on any atom is -0.333 e. The van der Waals surface area contributed by atoms with E-state index in [2.05, 4.69) is 22.8 Å². The molecule has 1 aromatic carbocycles. The third-order valence-electron chi connectivity index (χ3n) is 3.11. The van der Waals surface area contributed by atoms with Crippen LogP contribution in [0.5, 0.6) is 0 Å². The van der Waals surface area contributed by atoms with Crippen molar-refractivity contribution in [3.05, 3.63) is 35.9 Å². The zero-order valence-corrected chi connectivity index (χ0v) is 14.3. The molecule has 0 atom stereocenters. The number of hydrogen-bond acceptors (Lipinski definition) is 4. The summed E-state index contributed by atoms with van der Waals surface area (Å²) in [4.78, 5) is 25.6. The molecule has 0 radical (unpaired) electrons. The first-order valence-corrected chi connectivity index (χ1v) is 7.88. The van der Waals surface area contributed by atoms with E-state index in [1.165, 1.54) is 5.56 Å². The summed E-state index contributed by atoms with van der Waals surface area (Å²) in [5.41, 5.74) is 6.43. The maximum Gasteiger partial charge on any atom is 0.321 e. The van der Waals surface area contributed by atoms with E-state index < -0.39 is 6.03 Å². The number of rotatable bonds is 7. The van der Waals surface area contributed by atoms with Crippen molar-refractivity contribution in [1.82, 2.24) is 15.5 Å².